The summed E-state index contributed by atoms with van der Waals surface area (Å²) in [6.45, 7) is 9.23. The smallest absolute Gasteiger partial charge is 0.279 e. The number of hydrogen-bond donors (Lipinski definition) is 0. The quantitative estimate of drug-likeness (QED) is 0.454. The first-order valence-corrected chi connectivity index (χ1v) is 14.3. The summed E-state index contributed by atoms with van der Waals surface area (Å²) >= 11 is 1.51. The highest BCUT2D eigenvalue weighted by atomic mass is 32.2. The highest BCUT2D eigenvalue weighted by Gasteiger charge is 2.31. The van der Waals surface area contributed by atoms with E-state index >= 15 is 0 Å². The average molecular weight is 500 g/mol. The number of sulfonamides is 1. The molecule has 1 heterocycles. The minimum absolute atomic E-state index is 0.0598. The average Bonchev–Trinajstić information content (AvgIpc) is 3.17. The maximum absolute atomic E-state index is 13.3. The Balaban J connectivity index is 1.64. The van der Waals surface area contributed by atoms with Crippen molar-refractivity contribution in [3.8, 4) is 0 Å². The predicted octanol–water partition coefficient (Wildman–Crippen LogP) is 5.42. The van der Waals surface area contributed by atoms with Gasteiger partial charge in [0.25, 0.3) is 5.91 Å². The van der Waals surface area contributed by atoms with Gasteiger partial charge in [-0.15, -0.1) is 0 Å². The first kappa shape index (κ1) is 24.8. The number of aryl methyl sites for hydroxylation is 3. The molecule has 1 fully saturated rings. The molecule has 0 radical (unpaired) electrons. The molecule has 3 aromatic rings. The Morgan fingerprint density at radius 2 is 1.76 bits per heavy atom. The van der Waals surface area contributed by atoms with Crippen LogP contribution in [0.3, 0.4) is 0 Å². The number of benzene rings is 2. The molecule has 1 amide bonds. The van der Waals surface area contributed by atoms with E-state index < -0.39 is 10.0 Å². The number of carbonyl (C=O) groups is 1. The molecule has 1 saturated carbocycles. The van der Waals surface area contributed by atoms with Gasteiger partial charge < -0.3 is 4.57 Å². The number of rotatable bonds is 6. The third-order valence-electron chi connectivity index (χ3n) is 6.63. The molecule has 0 atom stereocenters. The van der Waals surface area contributed by atoms with Crippen molar-refractivity contribution in [1.82, 2.24) is 8.87 Å². The van der Waals surface area contributed by atoms with E-state index in [0.29, 0.717) is 23.5 Å². The second kappa shape index (κ2) is 10.1. The summed E-state index contributed by atoms with van der Waals surface area (Å²) in [6.07, 6.45) is 5.13. The van der Waals surface area contributed by atoms with Crippen molar-refractivity contribution >= 4 is 37.5 Å². The monoisotopic (exact) mass is 499 g/mol. The minimum atomic E-state index is -3.60. The lowest BCUT2D eigenvalue weighted by Crippen LogP contribution is -2.41. The fourth-order valence-corrected chi connectivity index (χ4v) is 7.79. The van der Waals surface area contributed by atoms with E-state index in [1.54, 1.807) is 16.4 Å². The minimum Gasteiger partial charge on any atom is -0.317 e. The van der Waals surface area contributed by atoms with Gasteiger partial charge in [-0.3, -0.25) is 4.79 Å². The fourth-order valence-electron chi connectivity index (χ4n) is 4.95. The molecule has 0 bridgehead atoms. The van der Waals surface area contributed by atoms with Crippen LogP contribution >= 0.6 is 11.3 Å². The number of thiazole rings is 1. The van der Waals surface area contributed by atoms with E-state index in [1.807, 2.05) is 13.8 Å². The summed E-state index contributed by atoms with van der Waals surface area (Å²) in [7, 11) is -3.60. The van der Waals surface area contributed by atoms with Gasteiger partial charge in [-0.25, -0.2) is 8.42 Å². The highest BCUT2D eigenvalue weighted by Crippen LogP contribution is 2.28. The molecule has 1 aliphatic carbocycles. The largest absolute Gasteiger partial charge is 0.317 e. The third kappa shape index (κ3) is 4.76. The molecule has 34 heavy (non-hydrogen) atoms. The van der Waals surface area contributed by atoms with Gasteiger partial charge in [0.2, 0.25) is 10.0 Å². The lowest BCUT2D eigenvalue weighted by molar-refractivity contribution is 0.0997. The number of fused-ring (bicyclic) bond motifs is 1. The zero-order chi connectivity index (χ0) is 24.5. The molecule has 4 rings (SSSR count). The van der Waals surface area contributed by atoms with Crippen molar-refractivity contribution in [2.45, 2.75) is 77.3 Å². The van der Waals surface area contributed by atoms with E-state index in [1.165, 1.54) is 41.0 Å². The molecule has 0 N–H and O–H groups in total. The first-order chi connectivity index (χ1) is 16.3. The molecule has 2 aromatic carbocycles. The maximum atomic E-state index is 13.3. The standard InChI is InChI=1S/C26H33N3O3S2/c1-5-28-23-17-18(3)16-19(4)24(23)33-26(28)27-25(30)20-12-14-22(15-13-20)34(31,32)29(6-2)21-10-8-7-9-11-21/h12-17,21H,5-11H2,1-4H3. The SMILES string of the molecule is CCN(C1CCCCC1)S(=O)(=O)c1ccc(C(=O)N=c2sc3c(C)cc(C)cc3n2CC)cc1. The number of carbonyl (C=O) groups excluding carboxylic acids is 1. The maximum Gasteiger partial charge on any atom is 0.279 e. The van der Waals surface area contributed by atoms with Gasteiger partial charge in [0.15, 0.2) is 4.80 Å². The fraction of sp³-hybridized carbons (Fsp3) is 0.462. The molecule has 1 aromatic heterocycles. The van der Waals surface area contributed by atoms with Crippen molar-refractivity contribution in [1.29, 1.82) is 0 Å². The van der Waals surface area contributed by atoms with Gasteiger partial charge in [-0.05, 0) is 75.1 Å². The normalized spacial score (nSPS) is 16.0. The zero-order valence-corrected chi connectivity index (χ0v) is 22.0. The summed E-state index contributed by atoms with van der Waals surface area (Å²) in [5, 5.41) is 0. The van der Waals surface area contributed by atoms with Crippen LogP contribution in [-0.2, 0) is 16.6 Å². The van der Waals surface area contributed by atoms with Crippen LogP contribution in [0.25, 0.3) is 10.2 Å². The van der Waals surface area contributed by atoms with Crippen LogP contribution in [0.1, 0.15) is 67.4 Å². The molecule has 0 spiro atoms. The van der Waals surface area contributed by atoms with Gasteiger partial charge >= 0.3 is 0 Å². The van der Waals surface area contributed by atoms with Gasteiger partial charge in [0.05, 0.1) is 15.1 Å². The Hall–Kier alpha value is -2.29. The summed E-state index contributed by atoms with van der Waals surface area (Å²) in [6, 6.07) is 10.5. The molecular weight excluding hydrogens is 466 g/mol. The molecule has 0 aliphatic heterocycles. The summed E-state index contributed by atoms with van der Waals surface area (Å²) < 4.78 is 31.4. The van der Waals surface area contributed by atoms with Crippen molar-refractivity contribution < 1.29 is 13.2 Å². The Labute approximate surface area is 206 Å². The van der Waals surface area contributed by atoms with Crippen molar-refractivity contribution in [3.63, 3.8) is 0 Å². The third-order valence-corrected chi connectivity index (χ3v) is 9.90. The van der Waals surface area contributed by atoms with Crippen LogP contribution in [0, 0.1) is 13.8 Å². The lowest BCUT2D eigenvalue weighted by Gasteiger charge is -2.32. The molecule has 6 nitrogen and oxygen atoms in total. The number of amides is 1. The Kier molecular flexibility index (Phi) is 7.40. The lowest BCUT2D eigenvalue weighted by atomic mass is 9.95. The molecule has 8 heteroatoms. The number of hydrogen-bond acceptors (Lipinski definition) is 4. The van der Waals surface area contributed by atoms with Crippen molar-refractivity contribution in [2.24, 2.45) is 4.99 Å². The predicted molar refractivity (Wildman–Crippen MR) is 138 cm³/mol. The molecule has 0 unspecified atom stereocenters. The van der Waals surface area contributed by atoms with Gasteiger partial charge in [-0.1, -0.05) is 43.6 Å². The molecule has 182 valence electrons. The van der Waals surface area contributed by atoms with E-state index in [2.05, 4.69) is 35.5 Å². The number of nitrogens with zero attached hydrogens (tertiary/aromatic N) is 3. The van der Waals surface area contributed by atoms with Crippen LogP contribution in [0.2, 0.25) is 0 Å². The van der Waals surface area contributed by atoms with E-state index in [4.69, 9.17) is 0 Å². The zero-order valence-electron chi connectivity index (χ0n) is 20.4. The van der Waals surface area contributed by atoms with Crippen molar-refractivity contribution in [3.05, 3.63) is 57.9 Å². The second-order valence-corrected chi connectivity index (χ2v) is 11.9. The van der Waals surface area contributed by atoms with Gasteiger partial charge in [-0.2, -0.15) is 9.30 Å². The van der Waals surface area contributed by atoms with E-state index in [0.717, 1.165) is 35.9 Å². The van der Waals surface area contributed by atoms with Crippen LogP contribution < -0.4 is 4.80 Å². The Morgan fingerprint density at radius 1 is 1.09 bits per heavy atom. The Bertz CT molecular complexity index is 1360. The highest BCUT2D eigenvalue weighted by molar-refractivity contribution is 7.89. The van der Waals surface area contributed by atoms with Crippen LogP contribution in [0.15, 0.2) is 46.3 Å². The molecule has 1 aliphatic rings. The molecule has 0 saturated heterocycles. The van der Waals surface area contributed by atoms with Gasteiger partial charge in [0, 0.05) is 24.7 Å². The number of aromatic nitrogens is 1. The van der Waals surface area contributed by atoms with E-state index in [-0.39, 0.29) is 16.8 Å². The van der Waals surface area contributed by atoms with Crippen molar-refractivity contribution in [2.75, 3.05) is 6.54 Å². The second-order valence-electron chi connectivity index (χ2n) is 9.00. The van der Waals surface area contributed by atoms with Crippen LogP contribution in [-0.4, -0.2) is 35.8 Å². The summed E-state index contributed by atoms with van der Waals surface area (Å²) in [5.41, 5.74) is 3.81. The molecular formula is C26H33N3O3S2. The van der Waals surface area contributed by atoms with E-state index in [9.17, 15) is 13.2 Å². The topological polar surface area (TPSA) is 71.7 Å². The van der Waals surface area contributed by atoms with Crippen LogP contribution in [0.4, 0.5) is 0 Å². The summed E-state index contributed by atoms with van der Waals surface area (Å²) in [4.78, 5) is 18.3. The Morgan fingerprint density at radius 3 is 2.38 bits per heavy atom. The van der Waals surface area contributed by atoms with Crippen LogP contribution in [0.5, 0.6) is 0 Å². The van der Waals surface area contributed by atoms with Gasteiger partial charge in [0.1, 0.15) is 0 Å². The summed E-state index contributed by atoms with van der Waals surface area (Å²) in [5.74, 6) is -0.369. The first-order valence-electron chi connectivity index (χ1n) is 12.1.